The van der Waals surface area contributed by atoms with Crippen LogP contribution in [0.4, 0.5) is 0 Å². The van der Waals surface area contributed by atoms with Crippen molar-refractivity contribution in [2.24, 2.45) is 11.5 Å². The molecule has 4 N–H and O–H groups in total. The van der Waals surface area contributed by atoms with Gasteiger partial charge in [-0.05, 0) is 12.8 Å². The van der Waals surface area contributed by atoms with Crippen molar-refractivity contribution in [3.05, 3.63) is 13.1 Å². The molecule has 0 aromatic rings. The summed E-state index contributed by atoms with van der Waals surface area (Å²) in [4.78, 5) is 0. The summed E-state index contributed by atoms with van der Waals surface area (Å²) >= 11 is 0. The summed E-state index contributed by atoms with van der Waals surface area (Å²) in [6.07, 6.45) is 4.80. The van der Waals surface area contributed by atoms with E-state index in [-0.39, 0.29) is 32.5 Å². The van der Waals surface area contributed by atoms with Gasteiger partial charge >= 0.3 is 20.4 Å². The standard InChI is InChI=1S/C6H14N2.2CN.Pd/c7-5-3-1-2-4-6(5)8;2*1-2;/h5-6H,1-4,7-8H2;;;/q;2*-1;+2. The Bertz CT molecular complexity index is 119. The fraction of sp³-hybridized carbons (Fsp3) is 0.750. The maximum Gasteiger partial charge on any atom is 2.00 e. The molecule has 0 aromatic carbocycles. The number of nitrogens with two attached hydrogens (primary N) is 2. The minimum atomic E-state index is 0. The van der Waals surface area contributed by atoms with Gasteiger partial charge in [-0.25, -0.2) is 0 Å². The summed E-state index contributed by atoms with van der Waals surface area (Å²) in [7, 11) is 0. The second-order valence-corrected chi connectivity index (χ2v) is 2.61. The van der Waals surface area contributed by atoms with Crippen molar-refractivity contribution >= 4 is 0 Å². The second kappa shape index (κ2) is 14.1. The number of rotatable bonds is 0. The van der Waals surface area contributed by atoms with E-state index in [1.54, 1.807) is 0 Å². The van der Waals surface area contributed by atoms with Crippen molar-refractivity contribution in [3.8, 4) is 0 Å². The van der Waals surface area contributed by atoms with Gasteiger partial charge in [0.2, 0.25) is 0 Å². The van der Waals surface area contributed by atoms with Crippen LogP contribution in [-0.4, -0.2) is 12.1 Å². The molecule has 0 aromatic heterocycles. The molecule has 1 aliphatic rings. The molecule has 0 aliphatic heterocycles. The summed E-state index contributed by atoms with van der Waals surface area (Å²) in [6, 6.07) is 0.562. The molecule has 4 nitrogen and oxygen atoms in total. The summed E-state index contributed by atoms with van der Waals surface area (Å²) in [5.41, 5.74) is 11.3. The monoisotopic (exact) mass is 272 g/mol. The number of hydrogen-bond acceptors (Lipinski definition) is 4. The molecular formula is C8H14N4Pd. The Morgan fingerprint density at radius 2 is 1.08 bits per heavy atom. The SMILES string of the molecule is NC1CCCCC1N.[C-]#N.[C-]#N.[Pd+2]. The Morgan fingerprint density at radius 3 is 1.23 bits per heavy atom. The first-order valence-electron chi connectivity index (χ1n) is 3.76. The minimum absolute atomic E-state index is 0. The zero-order valence-electron chi connectivity index (χ0n) is 7.35. The third kappa shape index (κ3) is 9.48. The van der Waals surface area contributed by atoms with Crippen LogP contribution in [0, 0.1) is 23.7 Å². The summed E-state index contributed by atoms with van der Waals surface area (Å²) in [5.74, 6) is 0. The molecule has 0 radical (unpaired) electrons. The van der Waals surface area contributed by atoms with Gasteiger partial charge in [0.25, 0.3) is 0 Å². The number of hydrogen-bond donors (Lipinski definition) is 2. The zero-order valence-corrected chi connectivity index (χ0v) is 8.90. The molecule has 1 saturated carbocycles. The molecule has 2 atom stereocenters. The van der Waals surface area contributed by atoms with Crippen LogP contribution in [0.3, 0.4) is 0 Å². The zero-order chi connectivity index (χ0) is 9.98. The normalized spacial score (nSPS) is 24.8. The predicted molar refractivity (Wildman–Crippen MR) is 44.4 cm³/mol. The van der Waals surface area contributed by atoms with E-state index in [4.69, 9.17) is 35.1 Å². The van der Waals surface area contributed by atoms with Gasteiger partial charge in [0.1, 0.15) is 0 Å². The largest absolute Gasteiger partial charge is 2.00 e. The van der Waals surface area contributed by atoms with Crippen LogP contribution < -0.4 is 11.5 Å². The smallest absolute Gasteiger partial charge is 0.512 e. The first-order valence-corrected chi connectivity index (χ1v) is 3.76. The molecule has 1 rings (SSSR count). The van der Waals surface area contributed by atoms with Crippen molar-refractivity contribution in [2.75, 3.05) is 0 Å². The van der Waals surface area contributed by atoms with Gasteiger partial charge in [-0.15, -0.1) is 0 Å². The van der Waals surface area contributed by atoms with Gasteiger partial charge in [0.05, 0.1) is 0 Å². The van der Waals surface area contributed by atoms with Gasteiger partial charge in [-0.3, -0.25) is 0 Å². The van der Waals surface area contributed by atoms with Crippen molar-refractivity contribution in [3.63, 3.8) is 0 Å². The second-order valence-electron chi connectivity index (χ2n) is 2.61. The average molecular weight is 273 g/mol. The molecule has 1 aliphatic carbocycles. The Balaban J connectivity index is -0.000000178. The van der Waals surface area contributed by atoms with E-state index in [1.807, 2.05) is 0 Å². The maximum atomic E-state index is 6.25. The minimum Gasteiger partial charge on any atom is -0.512 e. The van der Waals surface area contributed by atoms with Crippen molar-refractivity contribution in [1.29, 1.82) is 10.5 Å². The van der Waals surface area contributed by atoms with Gasteiger partial charge in [-0.1, -0.05) is 12.8 Å². The van der Waals surface area contributed by atoms with Crippen LogP contribution >= 0.6 is 0 Å². The van der Waals surface area contributed by atoms with E-state index in [9.17, 15) is 0 Å². The molecule has 0 heterocycles. The molecule has 2 unspecified atom stereocenters. The van der Waals surface area contributed by atoms with E-state index < -0.39 is 0 Å². The molecular weight excluding hydrogens is 259 g/mol. The van der Waals surface area contributed by atoms with E-state index in [0.29, 0.717) is 0 Å². The fourth-order valence-electron chi connectivity index (χ4n) is 1.19. The van der Waals surface area contributed by atoms with Crippen LogP contribution in [0.25, 0.3) is 0 Å². The van der Waals surface area contributed by atoms with E-state index in [2.05, 4.69) is 0 Å². The van der Waals surface area contributed by atoms with E-state index in [0.717, 1.165) is 12.8 Å². The van der Waals surface area contributed by atoms with Gasteiger partial charge < -0.3 is 35.1 Å². The molecule has 0 bridgehead atoms. The van der Waals surface area contributed by atoms with Crippen LogP contribution in [0.1, 0.15) is 25.7 Å². The molecule has 5 heteroatoms. The van der Waals surface area contributed by atoms with Crippen molar-refractivity contribution in [1.82, 2.24) is 0 Å². The molecule has 1 fully saturated rings. The van der Waals surface area contributed by atoms with Crippen LogP contribution in [-0.2, 0) is 20.4 Å². The Labute approximate surface area is 93.5 Å². The molecule has 13 heavy (non-hydrogen) atoms. The fourth-order valence-corrected chi connectivity index (χ4v) is 1.19. The predicted octanol–water partition coefficient (Wildman–Crippen LogP) is 0.405. The average Bonchev–Trinajstić information content (AvgIpc) is 2.17. The summed E-state index contributed by atoms with van der Waals surface area (Å²) < 4.78 is 0. The van der Waals surface area contributed by atoms with Crippen molar-refractivity contribution < 1.29 is 20.4 Å². The van der Waals surface area contributed by atoms with Crippen LogP contribution in [0.2, 0.25) is 0 Å². The quantitative estimate of drug-likeness (QED) is 0.492. The van der Waals surface area contributed by atoms with Gasteiger partial charge in [0.15, 0.2) is 0 Å². The molecule has 0 amide bonds. The Morgan fingerprint density at radius 1 is 0.846 bits per heavy atom. The van der Waals surface area contributed by atoms with Crippen LogP contribution in [0.5, 0.6) is 0 Å². The van der Waals surface area contributed by atoms with Gasteiger partial charge in [-0.2, -0.15) is 0 Å². The third-order valence-corrected chi connectivity index (χ3v) is 1.87. The molecule has 76 valence electrons. The number of nitrogens with zero attached hydrogens (tertiary/aromatic N) is 2. The first kappa shape index (κ1) is 18.4. The topological polar surface area (TPSA) is 99.6 Å². The van der Waals surface area contributed by atoms with Crippen LogP contribution in [0.15, 0.2) is 0 Å². The first-order chi connectivity index (χ1) is 5.80. The molecule has 0 spiro atoms. The Hall–Kier alpha value is -0.438. The van der Waals surface area contributed by atoms with Gasteiger partial charge in [0, 0.05) is 12.1 Å². The molecule has 0 saturated heterocycles. The maximum absolute atomic E-state index is 6.25. The summed E-state index contributed by atoms with van der Waals surface area (Å²) in [5, 5.41) is 12.5. The summed E-state index contributed by atoms with van der Waals surface area (Å²) in [6.45, 7) is 9.50. The van der Waals surface area contributed by atoms with Crippen molar-refractivity contribution in [2.45, 2.75) is 37.8 Å². The third-order valence-electron chi connectivity index (χ3n) is 1.87. The van der Waals surface area contributed by atoms with E-state index in [1.165, 1.54) is 12.8 Å². The van der Waals surface area contributed by atoms with E-state index >= 15 is 0 Å². The Kier molecular flexibility index (Phi) is 19.9.